The Balaban J connectivity index is 1.41. The third-order valence-electron chi connectivity index (χ3n) is 4.85. The molecule has 0 saturated carbocycles. The number of nitrogens with one attached hydrogen (secondary N) is 1. The summed E-state index contributed by atoms with van der Waals surface area (Å²) in [6.07, 6.45) is 0. The third-order valence-corrected chi connectivity index (χ3v) is 5.59. The van der Waals surface area contributed by atoms with Gasteiger partial charge in [0.2, 0.25) is 5.91 Å². The minimum Gasteiger partial charge on any atom is -0.489 e. The molecule has 1 atom stereocenters. The molecule has 156 valence electrons. The molecule has 0 aromatic heterocycles. The number of ether oxygens (including phenoxy) is 2. The van der Waals surface area contributed by atoms with Crippen molar-refractivity contribution in [2.45, 2.75) is 26.1 Å². The molecule has 1 N–H and O–H groups in total. The van der Waals surface area contributed by atoms with Crippen molar-refractivity contribution in [2.75, 3.05) is 26.8 Å². The van der Waals surface area contributed by atoms with E-state index >= 15 is 0 Å². The molecule has 1 aliphatic heterocycles. The van der Waals surface area contributed by atoms with E-state index in [-0.39, 0.29) is 17.9 Å². The van der Waals surface area contributed by atoms with Crippen LogP contribution in [-0.4, -0.2) is 43.7 Å². The van der Waals surface area contributed by atoms with Crippen LogP contribution in [0.3, 0.4) is 0 Å². The molecule has 1 amide bonds. The highest BCUT2D eigenvalue weighted by molar-refractivity contribution is 6.42. The van der Waals surface area contributed by atoms with E-state index in [2.05, 4.69) is 22.3 Å². The second kappa shape index (κ2) is 10.3. The van der Waals surface area contributed by atoms with Gasteiger partial charge < -0.3 is 14.8 Å². The maximum atomic E-state index is 12.2. The molecule has 2 aromatic carbocycles. The lowest BCUT2D eigenvalue weighted by Crippen LogP contribution is -2.54. The predicted molar refractivity (Wildman–Crippen MR) is 115 cm³/mol. The minimum atomic E-state index is 0.0398. The molecule has 0 aliphatic carbocycles. The van der Waals surface area contributed by atoms with Crippen molar-refractivity contribution >= 4 is 29.1 Å². The van der Waals surface area contributed by atoms with Gasteiger partial charge in [-0.25, -0.2) is 0 Å². The monoisotopic (exact) mass is 436 g/mol. The van der Waals surface area contributed by atoms with E-state index in [9.17, 15) is 4.79 Å². The Bertz CT molecular complexity index is 823. The van der Waals surface area contributed by atoms with Gasteiger partial charge in [-0.3, -0.25) is 9.69 Å². The largest absolute Gasteiger partial charge is 0.489 e. The zero-order chi connectivity index (χ0) is 20.8. The fraction of sp³-hybridized carbons (Fsp3) is 0.409. The summed E-state index contributed by atoms with van der Waals surface area (Å²) < 4.78 is 10.9. The van der Waals surface area contributed by atoms with Gasteiger partial charge in [0.25, 0.3) is 0 Å². The van der Waals surface area contributed by atoms with Gasteiger partial charge in [-0.05, 0) is 42.3 Å². The van der Waals surface area contributed by atoms with E-state index in [4.69, 9.17) is 32.7 Å². The first-order chi connectivity index (χ1) is 13.9. The van der Waals surface area contributed by atoms with Gasteiger partial charge in [-0.1, -0.05) is 41.4 Å². The Morgan fingerprint density at radius 2 is 1.83 bits per heavy atom. The molecule has 7 heteroatoms. The Morgan fingerprint density at radius 1 is 1.14 bits per heavy atom. The second-order valence-corrected chi connectivity index (χ2v) is 8.25. The zero-order valence-electron chi connectivity index (χ0n) is 16.7. The highest BCUT2D eigenvalue weighted by atomic mass is 35.5. The molecule has 1 heterocycles. The Hall–Kier alpha value is -1.79. The van der Waals surface area contributed by atoms with E-state index < -0.39 is 0 Å². The average Bonchev–Trinajstić information content (AvgIpc) is 2.66. The zero-order valence-corrected chi connectivity index (χ0v) is 18.2. The van der Waals surface area contributed by atoms with Crippen molar-refractivity contribution in [2.24, 2.45) is 5.92 Å². The van der Waals surface area contributed by atoms with Crippen LogP contribution >= 0.6 is 23.2 Å². The molecule has 1 saturated heterocycles. The first-order valence-electron chi connectivity index (χ1n) is 9.62. The number of carbonyl (C=O) groups is 1. The maximum Gasteiger partial charge on any atom is 0.225 e. The lowest BCUT2D eigenvalue weighted by Gasteiger charge is -2.38. The van der Waals surface area contributed by atoms with Crippen LogP contribution in [0.15, 0.2) is 42.5 Å². The normalized spacial score (nSPS) is 15.6. The lowest BCUT2D eigenvalue weighted by atomic mass is 9.98. The van der Waals surface area contributed by atoms with Gasteiger partial charge in [-0.2, -0.15) is 0 Å². The number of amides is 1. The molecular weight excluding hydrogens is 411 g/mol. The Kier molecular flexibility index (Phi) is 7.78. The lowest BCUT2D eigenvalue weighted by molar-refractivity contribution is -0.131. The smallest absolute Gasteiger partial charge is 0.225 e. The predicted octanol–water partition coefficient (Wildman–Crippen LogP) is 4.16. The van der Waals surface area contributed by atoms with E-state index in [1.807, 2.05) is 31.2 Å². The first kappa shape index (κ1) is 21.9. The van der Waals surface area contributed by atoms with Crippen molar-refractivity contribution in [1.29, 1.82) is 0 Å². The highest BCUT2D eigenvalue weighted by Crippen LogP contribution is 2.24. The Morgan fingerprint density at radius 3 is 2.48 bits per heavy atom. The van der Waals surface area contributed by atoms with Crippen molar-refractivity contribution in [3.05, 3.63) is 63.6 Å². The summed E-state index contributed by atoms with van der Waals surface area (Å²) in [5, 5.41) is 4.05. The van der Waals surface area contributed by atoms with E-state index in [1.165, 1.54) is 5.56 Å². The van der Waals surface area contributed by atoms with E-state index in [0.717, 1.165) is 30.9 Å². The van der Waals surface area contributed by atoms with Gasteiger partial charge in [0.15, 0.2) is 0 Å². The number of hydrogen-bond acceptors (Lipinski definition) is 4. The van der Waals surface area contributed by atoms with Crippen molar-refractivity contribution in [3.8, 4) is 5.75 Å². The summed E-state index contributed by atoms with van der Waals surface area (Å²) in [5.74, 6) is 0.966. The van der Waals surface area contributed by atoms with Crippen molar-refractivity contribution < 1.29 is 14.3 Å². The molecule has 0 spiro atoms. The number of hydrogen-bond donors (Lipinski definition) is 1. The fourth-order valence-electron chi connectivity index (χ4n) is 3.26. The van der Waals surface area contributed by atoms with Gasteiger partial charge in [0.05, 0.1) is 22.6 Å². The fourth-order valence-corrected chi connectivity index (χ4v) is 3.58. The summed E-state index contributed by atoms with van der Waals surface area (Å²) >= 11 is 12.0. The number of likely N-dealkylation sites (tertiary alicyclic amines) is 1. The summed E-state index contributed by atoms with van der Waals surface area (Å²) in [4.78, 5) is 14.4. The molecule has 2 aromatic rings. The average molecular weight is 437 g/mol. The molecule has 1 fully saturated rings. The topological polar surface area (TPSA) is 50.8 Å². The van der Waals surface area contributed by atoms with Crippen LogP contribution in [0.25, 0.3) is 0 Å². The third kappa shape index (κ3) is 6.34. The van der Waals surface area contributed by atoms with Crippen LogP contribution in [0.4, 0.5) is 0 Å². The first-order valence-corrected chi connectivity index (χ1v) is 10.4. The number of rotatable bonds is 9. The Labute approximate surface area is 181 Å². The number of halogens is 2. The highest BCUT2D eigenvalue weighted by Gasteiger charge is 2.32. The quantitative estimate of drug-likeness (QED) is 0.640. The van der Waals surface area contributed by atoms with E-state index in [1.54, 1.807) is 13.2 Å². The second-order valence-electron chi connectivity index (χ2n) is 7.44. The van der Waals surface area contributed by atoms with Gasteiger partial charge >= 0.3 is 0 Å². The van der Waals surface area contributed by atoms with Crippen LogP contribution in [0.2, 0.25) is 10.0 Å². The standard InChI is InChI=1S/C22H26Cl2N2O3/c1-15(13-28-2)25-22(27)18-11-26(12-18)10-16-3-6-19(7-4-16)29-14-17-5-8-20(23)21(24)9-17/h3-9,15,18H,10-14H2,1-2H3,(H,25,27)/t15-/m0/s1. The molecule has 1 aliphatic rings. The molecule has 0 unspecified atom stereocenters. The van der Waals surface area contributed by atoms with Crippen LogP contribution in [-0.2, 0) is 22.7 Å². The SMILES string of the molecule is COC[C@H](C)NC(=O)C1CN(Cc2ccc(OCc3ccc(Cl)c(Cl)c3)cc2)C1. The maximum absolute atomic E-state index is 12.2. The summed E-state index contributed by atoms with van der Waals surface area (Å²) in [7, 11) is 1.64. The van der Waals surface area contributed by atoms with Gasteiger partial charge in [-0.15, -0.1) is 0 Å². The number of benzene rings is 2. The van der Waals surface area contributed by atoms with E-state index in [0.29, 0.717) is 23.3 Å². The number of carbonyl (C=O) groups excluding carboxylic acids is 1. The molecule has 3 rings (SSSR count). The summed E-state index contributed by atoms with van der Waals surface area (Å²) in [6.45, 7) is 5.29. The molecule has 5 nitrogen and oxygen atoms in total. The molecule has 29 heavy (non-hydrogen) atoms. The van der Waals surface area contributed by atoms with Crippen molar-refractivity contribution in [1.82, 2.24) is 10.2 Å². The number of nitrogens with zero attached hydrogens (tertiary/aromatic N) is 1. The van der Waals surface area contributed by atoms with Gasteiger partial charge in [0, 0.05) is 32.8 Å². The van der Waals surface area contributed by atoms with Crippen LogP contribution < -0.4 is 10.1 Å². The summed E-state index contributed by atoms with van der Waals surface area (Å²) in [6, 6.07) is 13.5. The van der Waals surface area contributed by atoms with Crippen LogP contribution in [0, 0.1) is 5.92 Å². The van der Waals surface area contributed by atoms with Crippen LogP contribution in [0.5, 0.6) is 5.75 Å². The number of methoxy groups -OCH3 is 1. The van der Waals surface area contributed by atoms with Crippen molar-refractivity contribution in [3.63, 3.8) is 0 Å². The molecular formula is C22H26Cl2N2O3. The van der Waals surface area contributed by atoms with Crippen LogP contribution in [0.1, 0.15) is 18.1 Å². The molecule has 0 radical (unpaired) electrons. The molecule has 0 bridgehead atoms. The minimum absolute atomic E-state index is 0.0398. The van der Waals surface area contributed by atoms with Gasteiger partial charge in [0.1, 0.15) is 12.4 Å². The summed E-state index contributed by atoms with van der Waals surface area (Å²) in [5.41, 5.74) is 2.16.